The number of hydrogen-bond donors (Lipinski definition) is 1. The van der Waals surface area contributed by atoms with Gasteiger partial charge in [0.05, 0.1) is 12.0 Å². The normalized spacial score (nSPS) is 19.2. The highest BCUT2D eigenvalue weighted by Gasteiger charge is 2.37. The summed E-state index contributed by atoms with van der Waals surface area (Å²) in [6.07, 6.45) is 0.951. The van der Waals surface area contributed by atoms with E-state index in [0.29, 0.717) is 41.5 Å². The van der Waals surface area contributed by atoms with Crippen molar-refractivity contribution in [2.75, 3.05) is 25.5 Å². The molecule has 32 heavy (non-hydrogen) atoms. The van der Waals surface area contributed by atoms with Crippen LogP contribution in [0.5, 0.6) is 5.75 Å². The SMILES string of the molecule is COc1ccc(C(=O)N2CC3CC(C2)c2ccc(NC(=O)c4cccs4)c(=O)n2C3)cc1. The van der Waals surface area contributed by atoms with Crippen molar-refractivity contribution >= 4 is 28.8 Å². The van der Waals surface area contributed by atoms with Gasteiger partial charge in [0.25, 0.3) is 17.4 Å². The molecule has 1 N–H and O–H groups in total. The largest absolute Gasteiger partial charge is 0.497 e. The van der Waals surface area contributed by atoms with Gasteiger partial charge in [-0.05, 0) is 60.2 Å². The lowest BCUT2D eigenvalue weighted by Gasteiger charge is -2.43. The summed E-state index contributed by atoms with van der Waals surface area (Å²) in [5, 5.41) is 4.58. The molecule has 164 valence electrons. The Morgan fingerprint density at radius 1 is 1.06 bits per heavy atom. The molecular formula is C24H23N3O4S. The number of fused-ring (bicyclic) bond motifs is 4. The number of aromatic nitrogens is 1. The molecule has 7 nitrogen and oxygen atoms in total. The first-order chi connectivity index (χ1) is 15.5. The van der Waals surface area contributed by atoms with Gasteiger partial charge in [0, 0.05) is 36.8 Å². The lowest BCUT2D eigenvalue weighted by atomic mass is 9.83. The van der Waals surface area contributed by atoms with Crippen LogP contribution in [0.2, 0.25) is 0 Å². The molecular weight excluding hydrogens is 426 g/mol. The monoisotopic (exact) mass is 449 g/mol. The number of nitrogens with one attached hydrogen (secondary N) is 1. The molecule has 2 atom stereocenters. The fraction of sp³-hybridized carbons (Fsp3) is 0.292. The van der Waals surface area contributed by atoms with Crippen molar-refractivity contribution in [3.05, 3.63) is 80.4 Å². The minimum Gasteiger partial charge on any atom is -0.497 e. The van der Waals surface area contributed by atoms with Crippen molar-refractivity contribution in [2.45, 2.75) is 18.9 Å². The van der Waals surface area contributed by atoms with Crippen molar-refractivity contribution in [2.24, 2.45) is 5.92 Å². The first-order valence-electron chi connectivity index (χ1n) is 10.6. The van der Waals surface area contributed by atoms with Crippen LogP contribution in [0.1, 0.15) is 38.1 Å². The molecule has 1 fully saturated rings. The third kappa shape index (κ3) is 3.71. The molecule has 2 aliphatic heterocycles. The molecule has 2 unspecified atom stereocenters. The van der Waals surface area contributed by atoms with Gasteiger partial charge in [0.2, 0.25) is 0 Å². The Morgan fingerprint density at radius 3 is 2.59 bits per heavy atom. The van der Waals surface area contributed by atoms with E-state index < -0.39 is 0 Å². The minimum atomic E-state index is -0.273. The van der Waals surface area contributed by atoms with Gasteiger partial charge in [-0.25, -0.2) is 0 Å². The molecule has 0 saturated carbocycles. The van der Waals surface area contributed by atoms with Crippen LogP contribution in [0.25, 0.3) is 0 Å². The van der Waals surface area contributed by atoms with E-state index in [1.165, 1.54) is 11.3 Å². The average Bonchev–Trinajstić information content (AvgIpc) is 3.36. The van der Waals surface area contributed by atoms with Crippen molar-refractivity contribution in [1.82, 2.24) is 9.47 Å². The maximum atomic E-state index is 13.1. The van der Waals surface area contributed by atoms with E-state index in [2.05, 4.69) is 5.32 Å². The summed E-state index contributed by atoms with van der Waals surface area (Å²) in [7, 11) is 1.60. The van der Waals surface area contributed by atoms with Crippen molar-refractivity contribution < 1.29 is 14.3 Å². The highest BCUT2D eigenvalue weighted by Crippen LogP contribution is 2.36. The number of methoxy groups -OCH3 is 1. The second-order valence-electron chi connectivity index (χ2n) is 8.26. The van der Waals surface area contributed by atoms with Gasteiger partial charge in [-0.1, -0.05) is 6.07 Å². The van der Waals surface area contributed by atoms with E-state index in [9.17, 15) is 14.4 Å². The summed E-state index contributed by atoms with van der Waals surface area (Å²) in [6, 6.07) is 14.3. The summed E-state index contributed by atoms with van der Waals surface area (Å²) in [6.45, 7) is 1.72. The highest BCUT2D eigenvalue weighted by molar-refractivity contribution is 7.12. The fourth-order valence-corrected chi connectivity index (χ4v) is 5.33. The highest BCUT2D eigenvalue weighted by atomic mass is 32.1. The number of pyridine rings is 1. The minimum absolute atomic E-state index is 0.00187. The Hall–Kier alpha value is -3.39. The predicted octanol–water partition coefficient (Wildman–Crippen LogP) is 3.43. The Balaban J connectivity index is 1.36. The number of carbonyl (C=O) groups is 2. The van der Waals surface area contributed by atoms with E-state index in [1.54, 1.807) is 54.1 Å². The van der Waals surface area contributed by atoms with E-state index in [-0.39, 0.29) is 29.2 Å². The van der Waals surface area contributed by atoms with Crippen LogP contribution in [0.3, 0.4) is 0 Å². The van der Waals surface area contributed by atoms with Crippen LogP contribution in [0, 0.1) is 5.92 Å². The zero-order chi connectivity index (χ0) is 22.2. The molecule has 0 aliphatic carbocycles. The number of benzene rings is 1. The van der Waals surface area contributed by atoms with Crippen LogP contribution < -0.4 is 15.6 Å². The first kappa shape index (κ1) is 20.5. The number of rotatable bonds is 4. The summed E-state index contributed by atoms with van der Waals surface area (Å²) in [5.41, 5.74) is 1.66. The molecule has 2 amide bonds. The average molecular weight is 450 g/mol. The zero-order valence-electron chi connectivity index (χ0n) is 17.6. The second-order valence-corrected chi connectivity index (χ2v) is 9.20. The fourth-order valence-electron chi connectivity index (χ4n) is 4.71. The van der Waals surface area contributed by atoms with Gasteiger partial charge in [0.15, 0.2) is 0 Å². The lowest BCUT2D eigenvalue weighted by molar-refractivity contribution is 0.0594. The van der Waals surface area contributed by atoms with Crippen molar-refractivity contribution in [1.29, 1.82) is 0 Å². The molecule has 3 aromatic rings. The quantitative estimate of drug-likeness (QED) is 0.662. The van der Waals surface area contributed by atoms with Crippen molar-refractivity contribution in [3.8, 4) is 5.75 Å². The van der Waals surface area contributed by atoms with E-state index in [0.717, 1.165) is 12.1 Å². The van der Waals surface area contributed by atoms with Crippen LogP contribution >= 0.6 is 11.3 Å². The van der Waals surface area contributed by atoms with E-state index in [4.69, 9.17) is 4.74 Å². The van der Waals surface area contributed by atoms with Crippen LogP contribution in [0.15, 0.2) is 58.7 Å². The Labute approximate surface area is 189 Å². The molecule has 5 rings (SSSR count). The van der Waals surface area contributed by atoms with E-state index in [1.807, 2.05) is 16.3 Å². The second kappa shape index (κ2) is 8.27. The summed E-state index contributed by atoms with van der Waals surface area (Å²) < 4.78 is 6.95. The molecule has 0 spiro atoms. The third-order valence-corrected chi connectivity index (χ3v) is 7.09. The molecule has 4 heterocycles. The number of anilines is 1. The Bertz CT molecular complexity index is 1220. The molecule has 2 bridgehead atoms. The van der Waals surface area contributed by atoms with Gasteiger partial charge in [-0.15, -0.1) is 11.3 Å². The number of thiophene rings is 1. The predicted molar refractivity (Wildman–Crippen MR) is 123 cm³/mol. The molecule has 8 heteroatoms. The summed E-state index contributed by atoms with van der Waals surface area (Å²) in [5.74, 6) is 0.735. The molecule has 1 aromatic carbocycles. The van der Waals surface area contributed by atoms with Crippen LogP contribution in [-0.2, 0) is 6.54 Å². The van der Waals surface area contributed by atoms with Gasteiger partial charge in [-0.3, -0.25) is 14.4 Å². The number of amides is 2. The molecule has 2 aliphatic rings. The number of likely N-dealkylation sites (tertiary alicyclic amines) is 1. The number of piperidine rings is 1. The number of nitrogens with zero attached hydrogens (tertiary/aromatic N) is 2. The van der Waals surface area contributed by atoms with Gasteiger partial charge >= 0.3 is 0 Å². The Morgan fingerprint density at radius 2 is 1.88 bits per heavy atom. The van der Waals surface area contributed by atoms with Gasteiger partial charge in [0.1, 0.15) is 11.4 Å². The summed E-state index contributed by atoms with van der Waals surface area (Å²) in [4.78, 5) is 41.0. The third-order valence-electron chi connectivity index (χ3n) is 6.22. The molecule has 2 aromatic heterocycles. The number of carbonyl (C=O) groups excluding carboxylic acids is 2. The van der Waals surface area contributed by atoms with Crippen molar-refractivity contribution in [3.63, 3.8) is 0 Å². The standard InChI is InChI=1S/C24H23N3O4S/c1-31-18-6-4-16(5-7-18)23(29)26-12-15-11-17(14-26)20-9-8-19(24(30)27(20)13-15)25-22(28)21-3-2-10-32-21/h2-10,15,17H,11-14H2,1H3,(H,25,28). The Kier molecular flexibility index (Phi) is 5.30. The summed E-state index contributed by atoms with van der Waals surface area (Å²) >= 11 is 1.34. The van der Waals surface area contributed by atoms with Crippen LogP contribution in [-0.4, -0.2) is 41.5 Å². The maximum Gasteiger partial charge on any atom is 0.274 e. The maximum absolute atomic E-state index is 13.1. The molecule has 0 radical (unpaired) electrons. The van der Waals surface area contributed by atoms with E-state index >= 15 is 0 Å². The zero-order valence-corrected chi connectivity index (χ0v) is 18.4. The number of hydrogen-bond acceptors (Lipinski definition) is 5. The topological polar surface area (TPSA) is 80.6 Å². The van der Waals surface area contributed by atoms with Crippen LogP contribution in [0.4, 0.5) is 5.69 Å². The smallest absolute Gasteiger partial charge is 0.274 e. The number of ether oxygens (including phenoxy) is 1. The first-order valence-corrected chi connectivity index (χ1v) is 11.4. The lowest BCUT2D eigenvalue weighted by Crippen LogP contribution is -2.49. The molecule has 1 saturated heterocycles. The van der Waals surface area contributed by atoms with Gasteiger partial charge in [-0.2, -0.15) is 0 Å². The van der Waals surface area contributed by atoms with Gasteiger partial charge < -0.3 is 19.5 Å².